The van der Waals surface area contributed by atoms with Gasteiger partial charge in [-0.3, -0.25) is 4.90 Å². The molecule has 116 valence electrons. The van der Waals surface area contributed by atoms with Crippen LogP contribution >= 0.6 is 0 Å². The fourth-order valence-corrected chi connectivity index (χ4v) is 1.83. The van der Waals surface area contributed by atoms with Gasteiger partial charge in [-0.05, 0) is 26.8 Å². The molecular formula is C15H23N3O3. The lowest BCUT2D eigenvalue weighted by molar-refractivity contribution is -0.112. The first-order chi connectivity index (χ1) is 9.67. The Morgan fingerprint density at radius 2 is 1.95 bits per heavy atom. The second-order valence-electron chi connectivity index (χ2n) is 5.98. The van der Waals surface area contributed by atoms with Gasteiger partial charge in [-0.2, -0.15) is 0 Å². The number of aldehydes is 1. The second kappa shape index (κ2) is 6.56. The molecule has 0 aromatic carbocycles. The van der Waals surface area contributed by atoms with Crippen molar-refractivity contribution in [2.24, 2.45) is 0 Å². The van der Waals surface area contributed by atoms with Crippen molar-refractivity contribution in [3.63, 3.8) is 0 Å². The molecule has 1 rings (SSSR count). The highest BCUT2D eigenvalue weighted by atomic mass is 16.6. The van der Waals surface area contributed by atoms with E-state index in [4.69, 9.17) is 4.74 Å². The van der Waals surface area contributed by atoms with Crippen molar-refractivity contribution < 1.29 is 14.3 Å². The predicted molar refractivity (Wildman–Crippen MR) is 81.4 cm³/mol. The van der Waals surface area contributed by atoms with Crippen molar-refractivity contribution in [3.05, 3.63) is 23.9 Å². The van der Waals surface area contributed by atoms with Gasteiger partial charge in [0.25, 0.3) is 0 Å². The molecule has 0 fully saturated rings. The number of likely N-dealkylation sites (N-methyl/N-ethyl adjacent to an activating group) is 1. The average molecular weight is 293 g/mol. The van der Waals surface area contributed by atoms with Crippen LogP contribution in [0.25, 0.3) is 0 Å². The molecule has 0 aliphatic heterocycles. The minimum atomic E-state index is -0.744. The van der Waals surface area contributed by atoms with Crippen molar-refractivity contribution >= 4 is 18.2 Å². The number of amides is 1. The standard InChI is InChI=1S/C15H23N3O3/c1-15(2,3)21-14(20)18(6)12(10-19)11-8-7-9-16-13(11)17(4)5/h7-10,12H,1-6H3. The van der Waals surface area contributed by atoms with Crippen LogP contribution in [0.1, 0.15) is 32.4 Å². The summed E-state index contributed by atoms with van der Waals surface area (Å²) in [5.41, 5.74) is 0.0452. The summed E-state index contributed by atoms with van der Waals surface area (Å²) in [7, 11) is 5.21. The first kappa shape index (κ1) is 16.9. The van der Waals surface area contributed by atoms with Gasteiger partial charge in [0.1, 0.15) is 23.7 Å². The molecule has 0 saturated heterocycles. The summed E-state index contributed by atoms with van der Waals surface area (Å²) in [4.78, 5) is 31.0. The molecule has 6 nitrogen and oxygen atoms in total. The quantitative estimate of drug-likeness (QED) is 0.797. The number of hydrogen-bond acceptors (Lipinski definition) is 5. The molecule has 21 heavy (non-hydrogen) atoms. The molecule has 0 radical (unpaired) electrons. The van der Waals surface area contributed by atoms with Crippen molar-refractivity contribution in [3.8, 4) is 0 Å². The molecule has 1 amide bonds. The van der Waals surface area contributed by atoms with Gasteiger partial charge in [-0.1, -0.05) is 6.07 Å². The van der Waals surface area contributed by atoms with Gasteiger partial charge in [0, 0.05) is 32.9 Å². The van der Waals surface area contributed by atoms with Gasteiger partial charge in [0.15, 0.2) is 0 Å². The van der Waals surface area contributed by atoms with E-state index in [1.54, 1.807) is 51.0 Å². The molecule has 0 aliphatic carbocycles. The third-order valence-electron chi connectivity index (χ3n) is 2.79. The van der Waals surface area contributed by atoms with Crippen LogP contribution in [-0.4, -0.2) is 49.0 Å². The molecule has 1 aromatic rings. The van der Waals surface area contributed by atoms with Gasteiger partial charge in [0.2, 0.25) is 0 Å². The molecule has 6 heteroatoms. The van der Waals surface area contributed by atoms with Crippen molar-refractivity contribution in [2.75, 3.05) is 26.0 Å². The Morgan fingerprint density at radius 1 is 1.33 bits per heavy atom. The molecule has 1 aromatic heterocycles. The lowest BCUT2D eigenvalue weighted by Crippen LogP contribution is -2.37. The van der Waals surface area contributed by atoms with Crippen molar-refractivity contribution in [2.45, 2.75) is 32.4 Å². The highest BCUT2D eigenvalue weighted by molar-refractivity contribution is 5.76. The highest BCUT2D eigenvalue weighted by Gasteiger charge is 2.28. The number of hydrogen-bond donors (Lipinski definition) is 0. The zero-order valence-corrected chi connectivity index (χ0v) is 13.5. The van der Waals surface area contributed by atoms with Crippen LogP contribution in [0.15, 0.2) is 18.3 Å². The zero-order chi connectivity index (χ0) is 16.2. The van der Waals surface area contributed by atoms with Crippen molar-refractivity contribution in [1.82, 2.24) is 9.88 Å². The van der Waals surface area contributed by atoms with E-state index in [9.17, 15) is 9.59 Å². The van der Waals surface area contributed by atoms with Crippen LogP contribution in [0.4, 0.5) is 10.6 Å². The average Bonchev–Trinajstić information content (AvgIpc) is 2.37. The molecule has 1 heterocycles. The Bertz CT molecular complexity index is 509. The van der Waals surface area contributed by atoms with Gasteiger partial charge < -0.3 is 14.4 Å². The summed E-state index contributed by atoms with van der Waals surface area (Å²) < 4.78 is 5.30. The monoisotopic (exact) mass is 293 g/mol. The Morgan fingerprint density at radius 3 is 2.43 bits per heavy atom. The van der Waals surface area contributed by atoms with Gasteiger partial charge in [0.05, 0.1) is 0 Å². The first-order valence-corrected chi connectivity index (χ1v) is 6.70. The topological polar surface area (TPSA) is 62.7 Å². The second-order valence-corrected chi connectivity index (χ2v) is 5.98. The molecule has 1 unspecified atom stereocenters. The molecular weight excluding hydrogens is 270 g/mol. The van der Waals surface area contributed by atoms with Gasteiger partial charge in [-0.15, -0.1) is 0 Å². The number of pyridine rings is 1. The summed E-state index contributed by atoms with van der Waals surface area (Å²) in [5.74, 6) is 0.644. The lowest BCUT2D eigenvalue weighted by Gasteiger charge is -2.29. The molecule has 0 aliphatic rings. The number of ether oxygens (including phenoxy) is 1. The van der Waals surface area contributed by atoms with Crippen LogP contribution in [0.3, 0.4) is 0 Å². The van der Waals surface area contributed by atoms with E-state index in [1.165, 1.54) is 4.90 Å². The predicted octanol–water partition coefficient (Wildman–Crippen LogP) is 2.25. The Kier molecular flexibility index (Phi) is 5.29. The summed E-state index contributed by atoms with van der Waals surface area (Å²) in [6.45, 7) is 5.35. The van der Waals surface area contributed by atoms with Crippen LogP contribution in [0.2, 0.25) is 0 Å². The van der Waals surface area contributed by atoms with Crippen LogP contribution in [0, 0.1) is 0 Å². The molecule has 0 N–H and O–H groups in total. The Labute approximate surface area is 125 Å². The molecule has 0 spiro atoms. The van der Waals surface area contributed by atoms with Crippen LogP contribution < -0.4 is 4.90 Å². The minimum Gasteiger partial charge on any atom is -0.444 e. The highest BCUT2D eigenvalue weighted by Crippen LogP contribution is 2.26. The van der Waals surface area contributed by atoms with E-state index in [2.05, 4.69) is 4.98 Å². The third kappa shape index (κ3) is 4.44. The fourth-order valence-electron chi connectivity index (χ4n) is 1.83. The Balaban J connectivity index is 3.08. The number of carbonyl (C=O) groups is 2. The maximum atomic E-state index is 12.1. The fraction of sp³-hybridized carbons (Fsp3) is 0.533. The maximum absolute atomic E-state index is 12.1. The summed E-state index contributed by atoms with van der Waals surface area (Å²) >= 11 is 0. The molecule has 0 saturated carbocycles. The van der Waals surface area contributed by atoms with E-state index in [0.717, 1.165) is 0 Å². The smallest absolute Gasteiger partial charge is 0.410 e. The summed E-state index contributed by atoms with van der Waals surface area (Å²) in [6.07, 6.45) is 1.82. The maximum Gasteiger partial charge on any atom is 0.410 e. The van der Waals surface area contributed by atoms with E-state index < -0.39 is 17.7 Å². The number of rotatable bonds is 4. The molecule has 1 atom stereocenters. The first-order valence-electron chi connectivity index (χ1n) is 6.70. The molecule has 0 bridgehead atoms. The SMILES string of the molecule is CN(C)c1ncccc1C(C=O)N(C)C(=O)OC(C)(C)C. The Hall–Kier alpha value is -2.11. The van der Waals surface area contributed by atoms with Crippen molar-refractivity contribution in [1.29, 1.82) is 0 Å². The number of aromatic nitrogens is 1. The van der Waals surface area contributed by atoms with E-state index in [0.29, 0.717) is 17.7 Å². The van der Waals surface area contributed by atoms with E-state index >= 15 is 0 Å². The number of carbonyl (C=O) groups excluding carboxylic acids is 2. The number of anilines is 1. The van der Waals surface area contributed by atoms with E-state index in [-0.39, 0.29) is 0 Å². The van der Waals surface area contributed by atoms with Gasteiger partial charge in [-0.25, -0.2) is 9.78 Å². The lowest BCUT2D eigenvalue weighted by atomic mass is 10.1. The summed E-state index contributed by atoms with van der Waals surface area (Å²) in [5, 5.41) is 0. The normalized spacial score (nSPS) is 12.5. The zero-order valence-electron chi connectivity index (χ0n) is 13.5. The van der Waals surface area contributed by atoms with E-state index in [1.807, 2.05) is 14.1 Å². The largest absolute Gasteiger partial charge is 0.444 e. The van der Waals surface area contributed by atoms with Crippen LogP contribution in [-0.2, 0) is 9.53 Å². The third-order valence-corrected chi connectivity index (χ3v) is 2.79. The minimum absolute atomic E-state index is 0.548. The number of nitrogens with zero attached hydrogens (tertiary/aromatic N) is 3. The van der Waals surface area contributed by atoms with Crippen LogP contribution in [0.5, 0.6) is 0 Å². The van der Waals surface area contributed by atoms with Gasteiger partial charge >= 0.3 is 6.09 Å². The summed E-state index contributed by atoms with van der Waals surface area (Å²) in [6, 6.07) is 2.77.